The van der Waals surface area contributed by atoms with E-state index in [9.17, 15) is 0 Å². The highest BCUT2D eigenvalue weighted by Crippen LogP contribution is 2.26. The summed E-state index contributed by atoms with van der Waals surface area (Å²) in [5.74, 6) is 0. The molecule has 0 spiro atoms. The Hall–Kier alpha value is -0.730. The molecule has 1 aromatic rings. The van der Waals surface area contributed by atoms with Gasteiger partial charge >= 0.3 is 0 Å². The smallest absolute Gasteiger partial charge is 0.0412 e. The number of nitrogens with zero attached hydrogens (tertiary/aromatic N) is 1. The summed E-state index contributed by atoms with van der Waals surface area (Å²) >= 11 is 6.08. The molecule has 17 heavy (non-hydrogen) atoms. The van der Waals surface area contributed by atoms with Crippen molar-refractivity contribution in [2.45, 2.75) is 32.2 Å². The van der Waals surface area contributed by atoms with Crippen molar-refractivity contribution in [1.82, 2.24) is 5.32 Å². The number of halogens is 1. The van der Waals surface area contributed by atoms with E-state index in [1.54, 1.807) is 0 Å². The van der Waals surface area contributed by atoms with E-state index >= 15 is 0 Å². The molecule has 0 bridgehead atoms. The first-order chi connectivity index (χ1) is 8.31. The van der Waals surface area contributed by atoms with Gasteiger partial charge in [0, 0.05) is 30.3 Å². The van der Waals surface area contributed by atoms with Gasteiger partial charge in [0.1, 0.15) is 0 Å². The van der Waals surface area contributed by atoms with Gasteiger partial charge in [0.05, 0.1) is 0 Å². The van der Waals surface area contributed by atoms with E-state index < -0.39 is 0 Å². The van der Waals surface area contributed by atoms with Crippen molar-refractivity contribution in [1.29, 1.82) is 0 Å². The van der Waals surface area contributed by atoms with Crippen LogP contribution in [0.3, 0.4) is 0 Å². The molecule has 1 aromatic carbocycles. The summed E-state index contributed by atoms with van der Waals surface area (Å²) < 4.78 is 0. The number of rotatable bonds is 3. The van der Waals surface area contributed by atoms with Gasteiger partial charge < -0.3 is 10.2 Å². The molecule has 1 heterocycles. The van der Waals surface area contributed by atoms with E-state index in [0.29, 0.717) is 0 Å². The van der Waals surface area contributed by atoms with Crippen LogP contribution in [0.2, 0.25) is 5.02 Å². The molecule has 0 aliphatic carbocycles. The molecule has 1 N–H and O–H groups in total. The van der Waals surface area contributed by atoms with E-state index in [0.717, 1.165) is 11.6 Å². The van der Waals surface area contributed by atoms with Gasteiger partial charge in [0.2, 0.25) is 0 Å². The molecule has 2 nitrogen and oxygen atoms in total. The van der Waals surface area contributed by atoms with Gasteiger partial charge in [-0.05, 0) is 43.7 Å². The van der Waals surface area contributed by atoms with Crippen LogP contribution in [0.25, 0.3) is 0 Å². The first kappa shape index (κ1) is 12.7. The van der Waals surface area contributed by atoms with Gasteiger partial charge in [-0.2, -0.15) is 0 Å². The van der Waals surface area contributed by atoms with E-state index in [2.05, 4.69) is 22.3 Å². The lowest BCUT2D eigenvalue weighted by atomic mass is 10.1. The summed E-state index contributed by atoms with van der Waals surface area (Å²) in [6.45, 7) is 3.24. The minimum Gasteiger partial charge on any atom is -0.371 e. The van der Waals surface area contributed by atoms with Crippen LogP contribution in [-0.4, -0.2) is 20.1 Å². The minimum atomic E-state index is 0.828. The Morgan fingerprint density at radius 1 is 1.18 bits per heavy atom. The van der Waals surface area contributed by atoms with E-state index in [1.807, 2.05) is 13.1 Å². The molecule has 1 saturated heterocycles. The van der Waals surface area contributed by atoms with Crippen molar-refractivity contribution in [3.8, 4) is 0 Å². The Balaban J connectivity index is 2.22. The predicted molar refractivity (Wildman–Crippen MR) is 74.9 cm³/mol. The molecular weight excluding hydrogens is 232 g/mol. The fraction of sp³-hybridized carbons (Fsp3) is 0.571. The van der Waals surface area contributed by atoms with Gasteiger partial charge in [-0.15, -0.1) is 0 Å². The summed E-state index contributed by atoms with van der Waals surface area (Å²) in [6, 6.07) is 6.25. The van der Waals surface area contributed by atoms with Crippen LogP contribution in [0, 0.1) is 0 Å². The molecule has 0 amide bonds. The van der Waals surface area contributed by atoms with Crippen LogP contribution in [0.5, 0.6) is 0 Å². The molecule has 0 aromatic heterocycles. The number of benzene rings is 1. The summed E-state index contributed by atoms with van der Waals surface area (Å²) in [6.07, 6.45) is 5.35. The third-order valence-electron chi connectivity index (χ3n) is 3.36. The Bertz CT molecular complexity index is 357. The molecule has 0 radical (unpaired) electrons. The molecule has 2 rings (SSSR count). The highest BCUT2D eigenvalue weighted by molar-refractivity contribution is 6.30. The van der Waals surface area contributed by atoms with Crippen molar-refractivity contribution < 1.29 is 0 Å². The van der Waals surface area contributed by atoms with Crippen molar-refractivity contribution in [3.63, 3.8) is 0 Å². The molecule has 0 atom stereocenters. The Labute approximate surface area is 109 Å². The van der Waals surface area contributed by atoms with Crippen LogP contribution >= 0.6 is 11.6 Å². The molecule has 94 valence electrons. The van der Waals surface area contributed by atoms with E-state index in [-0.39, 0.29) is 0 Å². The summed E-state index contributed by atoms with van der Waals surface area (Å²) in [4.78, 5) is 2.51. The molecular formula is C14H21ClN2. The fourth-order valence-corrected chi connectivity index (χ4v) is 2.70. The van der Waals surface area contributed by atoms with Crippen molar-refractivity contribution in [2.75, 3.05) is 25.0 Å². The number of hydrogen-bond donors (Lipinski definition) is 1. The second-order valence-electron chi connectivity index (χ2n) is 4.70. The lowest BCUT2D eigenvalue weighted by Gasteiger charge is -2.25. The predicted octanol–water partition coefficient (Wildman–Crippen LogP) is 3.44. The monoisotopic (exact) mass is 252 g/mol. The van der Waals surface area contributed by atoms with Crippen LogP contribution in [-0.2, 0) is 6.54 Å². The fourth-order valence-electron chi connectivity index (χ4n) is 2.51. The number of nitrogens with one attached hydrogen (secondary N) is 1. The van der Waals surface area contributed by atoms with E-state index in [4.69, 9.17) is 11.6 Å². The van der Waals surface area contributed by atoms with Gasteiger partial charge in [0.25, 0.3) is 0 Å². The van der Waals surface area contributed by atoms with Crippen LogP contribution in [0.15, 0.2) is 18.2 Å². The first-order valence-corrected chi connectivity index (χ1v) is 6.87. The summed E-state index contributed by atoms with van der Waals surface area (Å²) in [7, 11) is 1.98. The van der Waals surface area contributed by atoms with Crippen molar-refractivity contribution in [3.05, 3.63) is 28.8 Å². The molecule has 3 heteroatoms. The average molecular weight is 253 g/mol. The van der Waals surface area contributed by atoms with Gasteiger partial charge in [0.15, 0.2) is 0 Å². The number of hydrogen-bond acceptors (Lipinski definition) is 2. The standard InChI is InChI=1S/C14H21ClN2/c1-16-11-12-10-13(15)6-7-14(12)17-8-4-2-3-5-9-17/h6-7,10,16H,2-5,8-9,11H2,1H3. The van der Waals surface area contributed by atoms with Crippen molar-refractivity contribution in [2.24, 2.45) is 0 Å². The normalized spacial score (nSPS) is 16.9. The second kappa shape index (κ2) is 6.27. The highest BCUT2D eigenvalue weighted by atomic mass is 35.5. The maximum Gasteiger partial charge on any atom is 0.0412 e. The number of anilines is 1. The largest absolute Gasteiger partial charge is 0.371 e. The Morgan fingerprint density at radius 2 is 1.88 bits per heavy atom. The molecule has 1 fully saturated rings. The van der Waals surface area contributed by atoms with Crippen molar-refractivity contribution >= 4 is 17.3 Å². The third-order valence-corrected chi connectivity index (χ3v) is 3.59. The van der Waals surface area contributed by atoms with Crippen LogP contribution in [0.4, 0.5) is 5.69 Å². The highest BCUT2D eigenvalue weighted by Gasteiger charge is 2.13. The van der Waals surface area contributed by atoms with Gasteiger partial charge in [-0.1, -0.05) is 24.4 Å². The quantitative estimate of drug-likeness (QED) is 0.887. The van der Waals surface area contributed by atoms with Gasteiger partial charge in [-0.25, -0.2) is 0 Å². The van der Waals surface area contributed by atoms with Crippen LogP contribution < -0.4 is 10.2 Å². The van der Waals surface area contributed by atoms with Crippen LogP contribution in [0.1, 0.15) is 31.2 Å². The van der Waals surface area contributed by atoms with E-state index in [1.165, 1.54) is 50.0 Å². The second-order valence-corrected chi connectivity index (χ2v) is 5.14. The zero-order valence-electron chi connectivity index (χ0n) is 10.5. The molecule has 0 saturated carbocycles. The summed E-state index contributed by atoms with van der Waals surface area (Å²) in [5, 5.41) is 4.05. The minimum absolute atomic E-state index is 0.828. The Kier molecular flexibility index (Phi) is 4.69. The lowest BCUT2D eigenvalue weighted by Crippen LogP contribution is -2.25. The SMILES string of the molecule is CNCc1cc(Cl)ccc1N1CCCCCC1. The third kappa shape index (κ3) is 3.36. The average Bonchev–Trinajstić information content (AvgIpc) is 2.58. The molecule has 0 unspecified atom stereocenters. The first-order valence-electron chi connectivity index (χ1n) is 6.49. The Morgan fingerprint density at radius 3 is 2.53 bits per heavy atom. The van der Waals surface area contributed by atoms with Gasteiger partial charge in [-0.3, -0.25) is 0 Å². The lowest BCUT2D eigenvalue weighted by molar-refractivity contribution is 0.726. The molecule has 1 aliphatic rings. The summed E-state index contributed by atoms with van der Waals surface area (Å²) in [5.41, 5.74) is 2.66. The zero-order valence-corrected chi connectivity index (χ0v) is 11.3. The molecule has 1 aliphatic heterocycles. The zero-order chi connectivity index (χ0) is 12.1. The topological polar surface area (TPSA) is 15.3 Å². The maximum atomic E-state index is 6.08. The maximum absolute atomic E-state index is 6.08.